The van der Waals surface area contributed by atoms with Gasteiger partial charge in [0.1, 0.15) is 5.25 Å². The van der Waals surface area contributed by atoms with Crippen LogP contribution in [0.4, 0.5) is 0 Å². The molecular formula is C13H12N2O4S2. The zero-order chi connectivity index (χ0) is 15.3. The highest BCUT2D eigenvalue weighted by atomic mass is 32.2. The van der Waals surface area contributed by atoms with Gasteiger partial charge in [-0.15, -0.1) is 0 Å². The highest BCUT2D eigenvalue weighted by molar-refractivity contribution is 7.96. The van der Waals surface area contributed by atoms with Crippen molar-refractivity contribution in [3.63, 3.8) is 0 Å². The number of rotatable bonds is 2. The van der Waals surface area contributed by atoms with Crippen molar-refractivity contribution in [1.29, 1.82) is 0 Å². The van der Waals surface area contributed by atoms with Crippen molar-refractivity contribution >= 4 is 19.7 Å². The molecule has 0 aliphatic carbocycles. The minimum Gasteiger partial charge on any atom is -0.265 e. The number of hydrogen-bond donors (Lipinski definition) is 0. The van der Waals surface area contributed by atoms with Crippen LogP contribution < -0.4 is 0 Å². The number of aryl methyl sites for hydroxylation is 1. The van der Waals surface area contributed by atoms with Crippen molar-refractivity contribution in [1.82, 2.24) is 9.97 Å². The summed E-state index contributed by atoms with van der Waals surface area (Å²) in [5, 5.41) is -1.17. The van der Waals surface area contributed by atoms with E-state index in [9.17, 15) is 16.8 Å². The van der Waals surface area contributed by atoms with Gasteiger partial charge in [0.2, 0.25) is 0 Å². The molecule has 6 nitrogen and oxygen atoms in total. The first-order valence-corrected chi connectivity index (χ1v) is 9.36. The second-order valence-electron chi connectivity index (χ2n) is 4.83. The van der Waals surface area contributed by atoms with Crippen molar-refractivity contribution in [3.8, 4) is 0 Å². The fourth-order valence-corrected chi connectivity index (χ4v) is 6.50. The summed E-state index contributed by atoms with van der Waals surface area (Å²) in [7, 11) is -7.44. The largest absolute Gasteiger partial charge is 0.265 e. The van der Waals surface area contributed by atoms with Gasteiger partial charge in [0.15, 0.2) is 19.7 Å². The molecule has 0 fully saturated rings. The average molecular weight is 324 g/mol. The standard InChI is InChI=1S/C13H12N2O4S2/c1-9-2-3-11-13(15-9)12(8-20(11,16)17)21(18,19)10-4-6-14-7-5-10/h2-7,12H,8H2,1H3. The molecule has 0 amide bonds. The van der Waals surface area contributed by atoms with Gasteiger partial charge in [-0.1, -0.05) is 0 Å². The molecule has 1 atom stereocenters. The third-order valence-corrected chi connectivity index (χ3v) is 7.46. The molecule has 21 heavy (non-hydrogen) atoms. The first-order chi connectivity index (χ1) is 9.82. The second-order valence-corrected chi connectivity index (χ2v) is 8.97. The second kappa shape index (κ2) is 4.60. The number of nitrogens with zero attached hydrogens (tertiary/aromatic N) is 2. The number of aromatic nitrogens is 2. The average Bonchev–Trinajstić information content (AvgIpc) is 2.71. The smallest absolute Gasteiger partial charge is 0.188 e. The number of pyridine rings is 2. The highest BCUT2D eigenvalue weighted by Crippen LogP contribution is 2.39. The first kappa shape index (κ1) is 14.2. The Morgan fingerprint density at radius 2 is 1.81 bits per heavy atom. The van der Waals surface area contributed by atoms with Crippen molar-refractivity contribution in [2.75, 3.05) is 5.75 Å². The Balaban J connectivity index is 2.21. The van der Waals surface area contributed by atoms with E-state index >= 15 is 0 Å². The van der Waals surface area contributed by atoms with Gasteiger partial charge in [-0.25, -0.2) is 16.8 Å². The molecule has 1 aliphatic rings. The van der Waals surface area contributed by atoms with Gasteiger partial charge in [-0.3, -0.25) is 9.97 Å². The maximum absolute atomic E-state index is 12.7. The van der Waals surface area contributed by atoms with Crippen molar-refractivity contribution in [2.45, 2.75) is 22.0 Å². The Bertz CT molecular complexity index is 906. The van der Waals surface area contributed by atoms with Crippen LogP contribution in [-0.4, -0.2) is 32.6 Å². The minimum absolute atomic E-state index is 0.00994. The van der Waals surface area contributed by atoms with E-state index in [1.165, 1.54) is 30.6 Å². The maximum atomic E-state index is 12.7. The molecule has 1 aliphatic heterocycles. The van der Waals surface area contributed by atoms with Crippen LogP contribution in [0.1, 0.15) is 16.6 Å². The predicted molar refractivity (Wildman–Crippen MR) is 75.2 cm³/mol. The zero-order valence-electron chi connectivity index (χ0n) is 11.1. The van der Waals surface area contributed by atoms with Crippen LogP contribution in [0.15, 0.2) is 46.5 Å². The van der Waals surface area contributed by atoms with Crippen LogP contribution >= 0.6 is 0 Å². The fourth-order valence-electron chi connectivity index (χ4n) is 2.35. The highest BCUT2D eigenvalue weighted by Gasteiger charge is 2.44. The molecule has 110 valence electrons. The maximum Gasteiger partial charge on any atom is 0.188 e. The SMILES string of the molecule is Cc1ccc2c(n1)C(S(=O)(=O)c1ccncc1)CS2(=O)=O. The topological polar surface area (TPSA) is 94.1 Å². The Morgan fingerprint density at radius 1 is 1.14 bits per heavy atom. The monoisotopic (exact) mass is 324 g/mol. The Hall–Kier alpha value is -1.80. The van der Waals surface area contributed by atoms with E-state index in [0.29, 0.717) is 5.69 Å². The number of sulfone groups is 2. The van der Waals surface area contributed by atoms with Gasteiger partial charge in [0.25, 0.3) is 0 Å². The molecule has 0 saturated carbocycles. The van der Waals surface area contributed by atoms with Gasteiger partial charge in [0.05, 0.1) is 21.2 Å². The van der Waals surface area contributed by atoms with Crippen LogP contribution in [0, 0.1) is 6.92 Å². The molecule has 0 saturated heterocycles. The third-order valence-electron chi connectivity index (χ3n) is 3.39. The summed E-state index contributed by atoms with van der Waals surface area (Å²) in [6.07, 6.45) is 2.72. The first-order valence-electron chi connectivity index (χ1n) is 6.16. The van der Waals surface area contributed by atoms with E-state index in [2.05, 4.69) is 9.97 Å². The van der Waals surface area contributed by atoms with Crippen molar-refractivity contribution in [3.05, 3.63) is 48.0 Å². The molecule has 2 aromatic rings. The van der Waals surface area contributed by atoms with Crippen LogP contribution in [0.5, 0.6) is 0 Å². The Labute approximate surface area is 122 Å². The molecule has 0 bridgehead atoms. The lowest BCUT2D eigenvalue weighted by atomic mass is 10.2. The predicted octanol–water partition coefficient (Wildman–Crippen LogP) is 1.09. The summed E-state index contributed by atoms with van der Waals surface area (Å²) in [6, 6.07) is 5.71. The van der Waals surface area contributed by atoms with E-state index < -0.39 is 30.7 Å². The van der Waals surface area contributed by atoms with Gasteiger partial charge in [-0.05, 0) is 31.2 Å². The Kier molecular flexibility index (Phi) is 3.10. The summed E-state index contributed by atoms with van der Waals surface area (Å²) < 4.78 is 49.6. The number of hydrogen-bond acceptors (Lipinski definition) is 6. The molecule has 2 aromatic heterocycles. The van der Waals surface area contributed by atoms with Crippen LogP contribution in [-0.2, 0) is 19.7 Å². The summed E-state index contributed by atoms with van der Waals surface area (Å²) in [5.41, 5.74) is 0.701. The summed E-state index contributed by atoms with van der Waals surface area (Å²) >= 11 is 0. The van der Waals surface area contributed by atoms with E-state index in [1.54, 1.807) is 13.0 Å². The molecule has 0 radical (unpaired) electrons. The molecule has 1 unspecified atom stereocenters. The number of fused-ring (bicyclic) bond motifs is 1. The van der Waals surface area contributed by atoms with Gasteiger partial charge in [0, 0.05) is 18.1 Å². The third kappa shape index (κ3) is 2.24. The van der Waals surface area contributed by atoms with Gasteiger partial charge < -0.3 is 0 Å². The normalized spacial score (nSPS) is 20.1. The minimum atomic E-state index is -3.82. The molecule has 3 rings (SSSR count). The van der Waals surface area contributed by atoms with Crippen LogP contribution in [0.3, 0.4) is 0 Å². The summed E-state index contributed by atoms with van der Waals surface area (Å²) in [6.45, 7) is 1.70. The molecule has 3 heterocycles. The van der Waals surface area contributed by atoms with Crippen LogP contribution in [0.2, 0.25) is 0 Å². The van der Waals surface area contributed by atoms with E-state index in [4.69, 9.17) is 0 Å². The zero-order valence-corrected chi connectivity index (χ0v) is 12.7. The van der Waals surface area contributed by atoms with E-state index in [-0.39, 0.29) is 15.5 Å². The molecule has 8 heteroatoms. The molecule has 0 aromatic carbocycles. The van der Waals surface area contributed by atoms with Crippen molar-refractivity contribution in [2.24, 2.45) is 0 Å². The van der Waals surface area contributed by atoms with Crippen LogP contribution in [0.25, 0.3) is 0 Å². The lowest BCUT2D eigenvalue weighted by Crippen LogP contribution is -2.16. The lowest BCUT2D eigenvalue weighted by Gasteiger charge is -2.11. The van der Waals surface area contributed by atoms with Crippen molar-refractivity contribution < 1.29 is 16.8 Å². The van der Waals surface area contributed by atoms with Gasteiger partial charge >= 0.3 is 0 Å². The quantitative estimate of drug-likeness (QED) is 0.820. The van der Waals surface area contributed by atoms with Gasteiger partial charge in [-0.2, -0.15) is 0 Å². The molecule has 0 N–H and O–H groups in total. The summed E-state index contributed by atoms with van der Waals surface area (Å²) in [4.78, 5) is 7.98. The lowest BCUT2D eigenvalue weighted by molar-refractivity contribution is 0.581. The van der Waals surface area contributed by atoms with E-state index in [0.717, 1.165) is 0 Å². The fraction of sp³-hybridized carbons (Fsp3) is 0.231. The molecular weight excluding hydrogens is 312 g/mol. The Morgan fingerprint density at radius 3 is 2.48 bits per heavy atom. The van der Waals surface area contributed by atoms with E-state index in [1.807, 2.05) is 0 Å². The molecule has 0 spiro atoms. The summed E-state index contributed by atoms with van der Waals surface area (Å²) in [5.74, 6) is -0.469.